The molecule has 0 heterocycles. The third-order valence-electron chi connectivity index (χ3n) is 2.54. The number of hydrogen-bond donors (Lipinski definition) is 2. The van der Waals surface area contributed by atoms with Crippen LogP contribution in [0.5, 0.6) is 0 Å². The number of anilines is 2. The second-order valence-corrected chi connectivity index (χ2v) is 4.25. The topological polar surface area (TPSA) is 41.1 Å². The standard InChI is InChI=1S/C14H22N2O/c1-3-4-5-6-10-15-13-8-7-9-14(11-13)16-12(2)17/h7-9,11,15H,3-6,10H2,1-2H3,(H,16,17). The van der Waals surface area contributed by atoms with Crippen LogP contribution < -0.4 is 10.6 Å². The van der Waals surface area contributed by atoms with E-state index in [1.54, 1.807) is 0 Å². The van der Waals surface area contributed by atoms with Gasteiger partial charge in [-0.05, 0) is 24.6 Å². The van der Waals surface area contributed by atoms with E-state index in [2.05, 4.69) is 17.6 Å². The van der Waals surface area contributed by atoms with Crippen LogP contribution in [0.25, 0.3) is 0 Å². The summed E-state index contributed by atoms with van der Waals surface area (Å²) < 4.78 is 0. The van der Waals surface area contributed by atoms with Crippen LogP contribution in [0.2, 0.25) is 0 Å². The molecule has 1 amide bonds. The average molecular weight is 234 g/mol. The SMILES string of the molecule is CCCCCCNc1cccc(NC(C)=O)c1. The summed E-state index contributed by atoms with van der Waals surface area (Å²) in [7, 11) is 0. The van der Waals surface area contributed by atoms with Gasteiger partial charge < -0.3 is 10.6 Å². The van der Waals surface area contributed by atoms with E-state index in [0.29, 0.717) is 0 Å². The minimum atomic E-state index is -0.0369. The molecule has 0 aliphatic heterocycles. The molecule has 1 rings (SSSR count). The minimum Gasteiger partial charge on any atom is -0.385 e. The Kier molecular flexibility index (Phi) is 6.15. The molecule has 17 heavy (non-hydrogen) atoms. The lowest BCUT2D eigenvalue weighted by Crippen LogP contribution is -2.06. The van der Waals surface area contributed by atoms with Crippen molar-refractivity contribution in [2.24, 2.45) is 0 Å². The lowest BCUT2D eigenvalue weighted by molar-refractivity contribution is -0.114. The van der Waals surface area contributed by atoms with E-state index >= 15 is 0 Å². The van der Waals surface area contributed by atoms with Gasteiger partial charge in [0.05, 0.1) is 0 Å². The molecule has 3 nitrogen and oxygen atoms in total. The Hall–Kier alpha value is -1.51. The van der Waals surface area contributed by atoms with E-state index in [0.717, 1.165) is 17.9 Å². The fraction of sp³-hybridized carbons (Fsp3) is 0.500. The van der Waals surface area contributed by atoms with Gasteiger partial charge >= 0.3 is 0 Å². The number of carbonyl (C=O) groups excluding carboxylic acids is 1. The fourth-order valence-electron chi connectivity index (χ4n) is 1.69. The van der Waals surface area contributed by atoms with E-state index in [4.69, 9.17) is 0 Å². The Bertz CT molecular complexity index is 350. The van der Waals surface area contributed by atoms with Gasteiger partial charge in [0.25, 0.3) is 0 Å². The maximum atomic E-state index is 10.9. The van der Waals surface area contributed by atoms with Crippen LogP contribution in [0.1, 0.15) is 39.5 Å². The van der Waals surface area contributed by atoms with Gasteiger partial charge in [0.15, 0.2) is 0 Å². The highest BCUT2D eigenvalue weighted by Crippen LogP contribution is 2.15. The van der Waals surface area contributed by atoms with Crippen molar-refractivity contribution in [1.82, 2.24) is 0 Å². The summed E-state index contributed by atoms with van der Waals surface area (Å²) in [6.07, 6.45) is 5.03. The van der Waals surface area contributed by atoms with Crippen molar-refractivity contribution in [3.05, 3.63) is 24.3 Å². The van der Waals surface area contributed by atoms with Gasteiger partial charge in [0.1, 0.15) is 0 Å². The molecule has 2 N–H and O–H groups in total. The lowest BCUT2D eigenvalue weighted by atomic mass is 10.2. The summed E-state index contributed by atoms with van der Waals surface area (Å²) in [4.78, 5) is 10.9. The Morgan fingerprint density at radius 3 is 2.65 bits per heavy atom. The maximum absolute atomic E-state index is 10.9. The number of unbranched alkanes of at least 4 members (excludes halogenated alkanes) is 3. The molecular weight excluding hydrogens is 212 g/mol. The molecule has 1 aromatic carbocycles. The quantitative estimate of drug-likeness (QED) is 0.707. The maximum Gasteiger partial charge on any atom is 0.221 e. The highest BCUT2D eigenvalue weighted by molar-refractivity contribution is 5.89. The zero-order valence-electron chi connectivity index (χ0n) is 10.8. The van der Waals surface area contributed by atoms with Gasteiger partial charge in [-0.25, -0.2) is 0 Å². The van der Waals surface area contributed by atoms with Crippen LogP contribution in [0.4, 0.5) is 11.4 Å². The largest absolute Gasteiger partial charge is 0.385 e. The van der Waals surface area contributed by atoms with Crippen molar-refractivity contribution < 1.29 is 4.79 Å². The fourth-order valence-corrected chi connectivity index (χ4v) is 1.69. The van der Waals surface area contributed by atoms with Gasteiger partial charge in [-0.3, -0.25) is 4.79 Å². The van der Waals surface area contributed by atoms with Crippen molar-refractivity contribution in [3.63, 3.8) is 0 Å². The van der Waals surface area contributed by atoms with Crippen LogP contribution in [-0.4, -0.2) is 12.5 Å². The number of rotatable bonds is 7. The third kappa shape index (κ3) is 5.95. The molecule has 0 atom stereocenters. The summed E-state index contributed by atoms with van der Waals surface area (Å²) >= 11 is 0. The zero-order valence-corrected chi connectivity index (χ0v) is 10.8. The molecule has 0 saturated carbocycles. The van der Waals surface area contributed by atoms with E-state index in [1.165, 1.54) is 32.6 Å². The first-order valence-electron chi connectivity index (χ1n) is 6.34. The number of amides is 1. The predicted molar refractivity (Wildman–Crippen MR) is 73.4 cm³/mol. The molecule has 0 aromatic heterocycles. The van der Waals surface area contributed by atoms with Gasteiger partial charge in [0.2, 0.25) is 5.91 Å². The Labute approximate surface area is 104 Å². The highest BCUT2D eigenvalue weighted by Gasteiger charge is 1.97. The smallest absolute Gasteiger partial charge is 0.221 e. The molecule has 0 saturated heterocycles. The molecule has 0 fully saturated rings. The van der Waals surface area contributed by atoms with Crippen molar-refractivity contribution in [3.8, 4) is 0 Å². The summed E-state index contributed by atoms with van der Waals surface area (Å²) in [6.45, 7) is 4.72. The van der Waals surface area contributed by atoms with Gasteiger partial charge in [0, 0.05) is 24.8 Å². The second kappa shape index (κ2) is 7.71. The van der Waals surface area contributed by atoms with Crippen molar-refractivity contribution in [2.45, 2.75) is 39.5 Å². The van der Waals surface area contributed by atoms with Crippen molar-refractivity contribution in [2.75, 3.05) is 17.2 Å². The molecule has 0 aliphatic rings. The Morgan fingerprint density at radius 2 is 1.94 bits per heavy atom. The third-order valence-corrected chi connectivity index (χ3v) is 2.54. The van der Waals surface area contributed by atoms with E-state index < -0.39 is 0 Å². The second-order valence-electron chi connectivity index (χ2n) is 4.25. The Morgan fingerprint density at radius 1 is 1.18 bits per heavy atom. The van der Waals surface area contributed by atoms with Crippen LogP contribution >= 0.6 is 0 Å². The van der Waals surface area contributed by atoms with Crippen molar-refractivity contribution >= 4 is 17.3 Å². The van der Waals surface area contributed by atoms with Gasteiger partial charge in [-0.15, -0.1) is 0 Å². The molecular formula is C14H22N2O. The lowest BCUT2D eigenvalue weighted by Gasteiger charge is -2.08. The normalized spacial score (nSPS) is 10.0. The molecule has 3 heteroatoms. The highest BCUT2D eigenvalue weighted by atomic mass is 16.1. The summed E-state index contributed by atoms with van der Waals surface area (Å²) in [5, 5.41) is 6.14. The van der Waals surface area contributed by atoms with Crippen LogP contribution in [0, 0.1) is 0 Å². The van der Waals surface area contributed by atoms with Gasteiger partial charge in [-0.2, -0.15) is 0 Å². The monoisotopic (exact) mass is 234 g/mol. The molecule has 0 bridgehead atoms. The van der Waals surface area contributed by atoms with E-state index in [9.17, 15) is 4.79 Å². The minimum absolute atomic E-state index is 0.0369. The van der Waals surface area contributed by atoms with Crippen LogP contribution in [-0.2, 0) is 4.79 Å². The molecule has 94 valence electrons. The van der Waals surface area contributed by atoms with Crippen LogP contribution in [0.15, 0.2) is 24.3 Å². The first-order valence-corrected chi connectivity index (χ1v) is 6.34. The molecule has 0 radical (unpaired) electrons. The van der Waals surface area contributed by atoms with E-state index in [-0.39, 0.29) is 5.91 Å². The number of hydrogen-bond acceptors (Lipinski definition) is 2. The zero-order chi connectivity index (χ0) is 12.5. The first kappa shape index (κ1) is 13.6. The average Bonchev–Trinajstić information content (AvgIpc) is 2.28. The Balaban J connectivity index is 2.35. The van der Waals surface area contributed by atoms with E-state index in [1.807, 2.05) is 24.3 Å². The summed E-state index contributed by atoms with van der Waals surface area (Å²) in [6, 6.07) is 7.82. The number of benzene rings is 1. The molecule has 0 spiro atoms. The molecule has 1 aromatic rings. The number of carbonyl (C=O) groups is 1. The van der Waals surface area contributed by atoms with Crippen LogP contribution in [0.3, 0.4) is 0 Å². The molecule has 0 unspecified atom stereocenters. The predicted octanol–water partition coefficient (Wildman–Crippen LogP) is 3.64. The summed E-state index contributed by atoms with van der Waals surface area (Å²) in [5.41, 5.74) is 1.91. The molecule has 0 aliphatic carbocycles. The van der Waals surface area contributed by atoms with Crippen molar-refractivity contribution in [1.29, 1.82) is 0 Å². The number of nitrogens with one attached hydrogen (secondary N) is 2. The summed E-state index contributed by atoms with van der Waals surface area (Å²) in [5.74, 6) is -0.0369. The van der Waals surface area contributed by atoms with Gasteiger partial charge in [-0.1, -0.05) is 32.3 Å². The first-order chi connectivity index (χ1) is 8.22.